The molecule has 1 aromatic carbocycles. The van der Waals surface area contributed by atoms with Gasteiger partial charge in [-0.15, -0.1) is 0 Å². The Morgan fingerprint density at radius 3 is 2.53 bits per heavy atom. The van der Waals surface area contributed by atoms with E-state index in [0.29, 0.717) is 34.4 Å². The van der Waals surface area contributed by atoms with Gasteiger partial charge in [0.1, 0.15) is 12.9 Å². The molecule has 2 bridgehead atoms. The molecule has 9 heteroatoms. The lowest BCUT2D eigenvalue weighted by Gasteiger charge is -2.51. The number of rotatable bonds is 7. The second-order valence-corrected chi connectivity index (χ2v) is 9.95. The molecule has 3 fully saturated rings. The van der Waals surface area contributed by atoms with Gasteiger partial charge in [-0.2, -0.15) is 11.3 Å². The first-order chi connectivity index (χ1) is 16.5. The number of fused-ring (bicyclic) bond motifs is 3. The molecule has 0 aliphatic carbocycles. The van der Waals surface area contributed by atoms with Crippen LogP contribution >= 0.6 is 11.3 Å². The predicted molar refractivity (Wildman–Crippen MR) is 127 cm³/mol. The van der Waals surface area contributed by atoms with Crippen LogP contribution in [0.5, 0.6) is 0 Å². The third-order valence-corrected chi connectivity index (χ3v) is 7.73. The van der Waals surface area contributed by atoms with Gasteiger partial charge in [0.2, 0.25) is 5.60 Å². The number of nitrogens with zero attached hydrogens (tertiary/aromatic N) is 3. The number of hydrogen-bond donors (Lipinski definition) is 2. The number of amides is 1. The minimum atomic E-state index is -1.87. The first-order valence-electron chi connectivity index (χ1n) is 11.4. The highest BCUT2D eigenvalue weighted by atomic mass is 32.1. The van der Waals surface area contributed by atoms with Gasteiger partial charge in [0.05, 0.1) is 31.2 Å². The maximum absolute atomic E-state index is 13.5. The van der Waals surface area contributed by atoms with E-state index < -0.39 is 11.6 Å². The van der Waals surface area contributed by atoms with Crippen LogP contribution in [0.25, 0.3) is 0 Å². The zero-order valence-electron chi connectivity index (χ0n) is 18.7. The van der Waals surface area contributed by atoms with Crippen molar-refractivity contribution >= 4 is 28.9 Å². The lowest BCUT2D eigenvalue weighted by Crippen LogP contribution is -2.66. The van der Waals surface area contributed by atoms with Gasteiger partial charge in [0, 0.05) is 24.3 Å². The number of piperidine rings is 3. The summed E-state index contributed by atoms with van der Waals surface area (Å²) >= 11 is 1.42. The van der Waals surface area contributed by atoms with E-state index in [0.717, 1.165) is 25.9 Å². The largest absolute Gasteiger partial charge is 0.453 e. The normalized spacial score (nSPS) is 25.3. The molecule has 176 valence electrons. The molecule has 2 aromatic heterocycles. The molecular weight excluding hydrogens is 452 g/mol. The van der Waals surface area contributed by atoms with Crippen LogP contribution in [0.3, 0.4) is 0 Å². The van der Waals surface area contributed by atoms with Gasteiger partial charge in [-0.25, -0.2) is 14.8 Å². The molecule has 0 saturated carbocycles. The zero-order chi connectivity index (χ0) is 23.6. The molecule has 0 radical (unpaired) electrons. The molecule has 8 nitrogen and oxygen atoms in total. The fourth-order valence-corrected chi connectivity index (χ4v) is 5.92. The number of anilines is 1. The van der Waals surface area contributed by atoms with E-state index in [-0.39, 0.29) is 17.9 Å². The maximum atomic E-state index is 13.5. The molecule has 3 aliphatic rings. The first kappa shape index (κ1) is 22.6. The van der Waals surface area contributed by atoms with Crippen molar-refractivity contribution in [3.8, 4) is 0 Å². The number of aromatic nitrogens is 2. The standard InChI is InChI=1S/C25H26N4O4S/c30-23(28-21-12-26-17-27-13-21)15-29-9-6-18(7-10-29)22(14-29)33-24(31)25(32,20-8-11-34-16-20)19-4-2-1-3-5-19/h1-5,8,11-13,16-18,22,32H,6-7,9-10,14-15H2/p+1/t18?,22?,25-,29?/m1/s1. The molecular formula is C25H27N4O4S+. The molecule has 3 aliphatic heterocycles. The highest BCUT2D eigenvalue weighted by Crippen LogP contribution is 2.38. The van der Waals surface area contributed by atoms with Crippen molar-refractivity contribution in [3.05, 3.63) is 77.0 Å². The molecule has 6 rings (SSSR count). The van der Waals surface area contributed by atoms with Crippen LogP contribution in [0.1, 0.15) is 24.0 Å². The lowest BCUT2D eigenvalue weighted by molar-refractivity contribution is -0.939. The number of ether oxygens (including phenoxy) is 1. The number of hydrogen-bond acceptors (Lipinski definition) is 7. The highest BCUT2D eigenvalue weighted by molar-refractivity contribution is 7.08. The Bertz CT molecular complexity index is 1130. The van der Waals surface area contributed by atoms with Crippen LogP contribution in [0, 0.1) is 5.92 Å². The van der Waals surface area contributed by atoms with Gasteiger partial charge >= 0.3 is 5.97 Å². The van der Waals surface area contributed by atoms with E-state index in [1.54, 1.807) is 48.1 Å². The Balaban J connectivity index is 1.32. The van der Waals surface area contributed by atoms with E-state index in [1.165, 1.54) is 17.7 Å². The monoisotopic (exact) mass is 479 g/mol. The summed E-state index contributed by atoms with van der Waals surface area (Å²) < 4.78 is 6.61. The predicted octanol–water partition coefficient (Wildman–Crippen LogP) is 2.56. The van der Waals surface area contributed by atoms with Crippen molar-refractivity contribution in [2.45, 2.75) is 24.5 Å². The van der Waals surface area contributed by atoms with Gasteiger partial charge in [-0.05, 0) is 22.4 Å². The summed E-state index contributed by atoms with van der Waals surface area (Å²) in [6.45, 7) is 2.59. The van der Waals surface area contributed by atoms with Gasteiger partial charge in [-0.1, -0.05) is 30.3 Å². The number of esters is 1. The number of carbonyl (C=O) groups excluding carboxylic acids is 2. The average molecular weight is 480 g/mol. The summed E-state index contributed by atoms with van der Waals surface area (Å²) in [4.78, 5) is 34.1. The van der Waals surface area contributed by atoms with Crippen molar-refractivity contribution in [2.75, 3.05) is 31.5 Å². The zero-order valence-corrected chi connectivity index (χ0v) is 19.5. The van der Waals surface area contributed by atoms with Crippen molar-refractivity contribution in [3.63, 3.8) is 0 Å². The van der Waals surface area contributed by atoms with Crippen LogP contribution in [0.15, 0.2) is 65.9 Å². The molecule has 3 saturated heterocycles. The van der Waals surface area contributed by atoms with Crippen LogP contribution < -0.4 is 5.32 Å². The fourth-order valence-electron chi connectivity index (χ4n) is 5.22. The second-order valence-electron chi connectivity index (χ2n) is 9.17. The summed E-state index contributed by atoms with van der Waals surface area (Å²) in [5, 5.41) is 18.1. The third kappa shape index (κ3) is 4.34. The highest BCUT2D eigenvalue weighted by Gasteiger charge is 2.51. The minimum Gasteiger partial charge on any atom is -0.453 e. The Labute approximate surface area is 201 Å². The smallest absolute Gasteiger partial charge is 0.348 e. The number of quaternary nitrogens is 1. The number of benzene rings is 1. The maximum Gasteiger partial charge on any atom is 0.348 e. The van der Waals surface area contributed by atoms with E-state index >= 15 is 0 Å². The molecule has 3 aromatic rings. The van der Waals surface area contributed by atoms with Crippen LogP contribution in [-0.2, 0) is 19.9 Å². The summed E-state index contributed by atoms with van der Waals surface area (Å²) in [6.07, 6.45) is 5.94. The van der Waals surface area contributed by atoms with E-state index in [2.05, 4.69) is 15.3 Å². The topological polar surface area (TPSA) is 101 Å². The first-order valence-corrected chi connectivity index (χ1v) is 12.3. The van der Waals surface area contributed by atoms with Crippen molar-refractivity contribution in [1.82, 2.24) is 9.97 Å². The molecule has 5 heterocycles. The Kier molecular flexibility index (Phi) is 6.16. The van der Waals surface area contributed by atoms with Gasteiger partial charge in [0.15, 0.2) is 12.6 Å². The SMILES string of the molecule is O=C(C[N+]12CCC(CC1)C(OC(=O)[C@@](O)(c1ccccc1)c1ccsc1)C2)Nc1cncnc1. The van der Waals surface area contributed by atoms with Crippen LogP contribution in [0.4, 0.5) is 5.69 Å². The molecule has 34 heavy (non-hydrogen) atoms. The average Bonchev–Trinajstić information content (AvgIpc) is 3.40. The number of carbonyl (C=O) groups is 2. The Morgan fingerprint density at radius 2 is 1.85 bits per heavy atom. The number of aliphatic hydroxyl groups is 1. The fraction of sp³-hybridized carbons (Fsp3) is 0.360. The lowest BCUT2D eigenvalue weighted by atomic mass is 9.82. The van der Waals surface area contributed by atoms with Crippen molar-refractivity contribution in [2.24, 2.45) is 5.92 Å². The molecule has 2 N–H and O–H groups in total. The second kappa shape index (κ2) is 9.25. The van der Waals surface area contributed by atoms with E-state index in [1.807, 2.05) is 11.4 Å². The summed E-state index contributed by atoms with van der Waals surface area (Å²) in [5.41, 5.74) is -0.330. The summed E-state index contributed by atoms with van der Waals surface area (Å²) in [6, 6.07) is 10.7. The number of nitrogens with one attached hydrogen (secondary N) is 1. The molecule has 1 amide bonds. The van der Waals surface area contributed by atoms with E-state index in [4.69, 9.17) is 4.74 Å². The molecule has 0 spiro atoms. The Morgan fingerprint density at radius 1 is 1.12 bits per heavy atom. The quantitative estimate of drug-likeness (QED) is 0.399. The van der Waals surface area contributed by atoms with E-state index in [9.17, 15) is 14.7 Å². The Hall–Kier alpha value is -3.14. The van der Waals surface area contributed by atoms with Gasteiger partial charge < -0.3 is 19.6 Å². The molecule has 2 atom stereocenters. The van der Waals surface area contributed by atoms with Crippen LogP contribution in [-0.4, -0.2) is 63.7 Å². The van der Waals surface area contributed by atoms with Gasteiger partial charge in [-0.3, -0.25) is 4.79 Å². The molecule has 1 unspecified atom stereocenters. The summed E-state index contributed by atoms with van der Waals surface area (Å²) in [7, 11) is 0. The third-order valence-electron chi connectivity index (χ3n) is 7.05. The summed E-state index contributed by atoms with van der Waals surface area (Å²) in [5.74, 6) is -0.545. The van der Waals surface area contributed by atoms with Crippen molar-refractivity contribution < 1.29 is 23.9 Å². The van der Waals surface area contributed by atoms with Crippen LogP contribution in [0.2, 0.25) is 0 Å². The van der Waals surface area contributed by atoms with Gasteiger partial charge in [0.25, 0.3) is 5.91 Å². The minimum absolute atomic E-state index is 0.112. The van der Waals surface area contributed by atoms with Crippen molar-refractivity contribution in [1.29, 1.82) is 0 Å². The number of thiophene rings is 1.